The third kappa shape index (κ3) is 2.42. The Balaban J connectivity index is 2.37. The molecule has 0 atom stereocenters. The summed E-state index contributed by atoms with van der Waals surface area (Å²) >= 11 is 0. The highest BCUT2D eigenvalue weighted by Crippen LogP contribution is 2.26. The number of hydrogen-bond donors (Lipinski definition) is 1. The van der Waals surface area contributed by atoms with Crippen molar-refractivity contribution in [2.75, 3.05) is 5.73 Å². The van der Waals surface area contributed by atoms with Crippen LogP contribution in [0.2, 0.25) is 0 Å². The maximum Gasteiger partial charge on any atom is 0.227 e. The summed E-state index contributed by atoms with van der Waals surface area (Å²) in [5.74, 6) is 2.45. The lowest BCUT2D eigenvalue weighted by atomic mass is 10.2. The van der Waals surface area contributed by atoms with Crippen molar-refractivity contribution in [1.29, 1.82) is 0 Å². The molecule has 0 aliphatic carbocycles. The number of nitrogens with zero attached hydrogens (tertiary/aromatic N) is 4. The van der Waals surface area contributed by atoms with E-state index in [-0.39, 0.29) is 5.92 Å². The van der Waals surface area contributed by atoms with Crippen molar-refractivity contribution < 1.29 is 4.74 Å². The van der Waals surface area contributed by atoms with Crippen molar-refractivity contribution in [3.63, 3.8) is 0 Å². The molecule has 96 valence electrons. The highest BCUT2D eigenvalue weighted by atomic mass is 16.5. The summed E-state index contributed by atoms with van der Waals surface area (Å²) in [6.45, 7) is 5.86. The summed E-state index contributed by atoms with van der Waals surface area (Å²) in [7, 11) is 1.83. The van der Waals surface area contributed by atoms with Crippen LogP contribution in [0.15, 0.2) is 12.4 Å². The van der Waals surface area contributed by atoms with E-state index in [9.17, 15) is 0 Å². The first-order valence-electron chi connectivity index (χ1n) is 5.78. The Morgan fingerprint density at radius 1 is 1.33 bits per heavy atom. The molecule has 0 saturated carbocycles. The summed E-state index contributed by atoms with van der Waals surface area (Å²) in [6, 6.07) is 0. The average Bonchev–Trinajstić information content (AvgIpc) is 2.70. The highest BCUT2D eigenvalue weighted by Gasteiger charge is 2.13. The highest BCUT2D eigenvalue weighted by molar-refractivity contribution is 5.45. The minimum Gasteiger partial charge on any atom is -0.435 e. The molecule has 0 saturated heterocycles. The molecule has 0 aromatic carbocycles. The SMILES string of the molecule is Cc1c(N)nc(C(C)C)nc1Oc1cnn(C)c1. The number of nitrogens with two attached hydrogens (primary N) is 1. The Morgan fingerprint density at radius 3 is 2.61 bits per heavy atom. The van der Waals surface area contributed by atoms with Gasteiger partial charge in [0.2, 0.25) is 5.88 Å². The summed E-state index contributed by atoms with van der Waals surface area (Å²) < 4.78 is 7.35. The maximum atomic E-state index is 5.87. The van der Waals surface area contributed by atoms with Crippen molar-refractivity contribution in [1.82, 2.24) is 19.7 Å². The van der Waals surface area contributed by atoms with Gasteiger partial charge in [0.1, 0.15) is 11.6 Å². The smallest absolute Gasteiger partial charge is 0.227 e. The molecule has 2 rings (SSSR count). The molecular formula is C12H17N5O. The monoisotopic (exact) mass is 247 g/mol. The number of hydrogen-bond acceptors (Lipinski definition) is 5. The fourth-order valence-corrected chi connectivity index (χ4v) is 1.45. The predicted octanol–water partition coefficient (Wildman–Crippen LogP) is 2.02. The number of nitrogen functional groups attached to an aromatic ring is 1. The summed E-state index contributed by atoms with van der Waals surface area (Å²) in [5.41, 5.74) is 6.61. The van der Waals surface area contributed by atoms with E-state index in [1.165, 1.54) is 0 Å². The molecule has 2 N–H and O–H groups in total. The van der Waals surface area contributed by atoms with Gasteiger partial charge in [0, 0.05) is 13.0 Å². The third-order valence-electron chi connectivity index (χ3n) is 2.57. The quantitative estimate of drug-likeness (QED) is 0.897. The number of anilines is 1. The van der Waals surface area contributed by atoms with Gasteiger partial charge in [-0.25, -0.2) is 4.98 Å². The van der Waals surface area contributed by atoms with Gasteiger partial charge in [0.25, 0.3) is 0 Å². The van der Waals surface area contributed by atoms with Crippen LogP contribution in [0.4, 0.5) is 5.82 Å². The second-order valence-electron chi connectivity index (χ2n) is 4.50. The average molecular weight is 247 g/mol. The normalized spacial score (nSPS) is 10.9. The minimum absolute atomic E-state index is 0.198. The molecule has 0 radical (unpaired) electrons. The number of ether oxygens (including phenoxy) is 1. The number of aromatic nitrogens is 4. The van der Waals surface area contributed by atoms with E-state index in [4.69, 9.17) is 10.5 Å². The molecule has 6 heteroatoms. The van der Waals surface area contributed by atoms with E-state index in [0.29, 0.717) is 23.3 Å². The Hall–Kier alpha value is -2.11. The van der Waals surface area contributed by atoms with Crippen LogP contribution in [0.3, 0.4) is 0 Å². The first-order valence-corrected chi connectivity index (χ1v) is 5.78. The van der Waals surface area contributed by atoms with Gasteiger partial charge in [-0.2, -0.15) is 10.1 Å². The van der Waals surface area contributed by atoms with E-state index in [0.717, 1.165) is 5.56 Å². The lowest BCUT2D eigenvalue weighted by Gasteiger charge is -2.11. The van der Waals surface area contributed by atoms with Gasteiger partial charge in [0.05, 0.1) is 18.0 Å². The zero-order valence-electron chi connectivity index (χ0n) is 11.0. The second kappa shape index (κ2) is 4.64. The van der Waals surface area contributed by atoms with Crippen LogP contribution in [-0.2, 0) is 7.05 Å². The van der Waals surface area contributed by atoms with Gasteiger partial charge >= 0.3 is 0 Å². The summed E-state index contributed by atoms with van der Waals surface area (Å²) in [6.07, 6.45) is 3.40. The fraction of sp³-hybridized carbons (Fsp3) is 0.417. The molecule has 0 amide bonds. The van der Waals surface area contributed by atoms with Crippen LogP contribution in [-0.4, -0.2) is 19.7 Å². The van der Waals surface area contributed by atoms with Crippen LogP contribution in [0.5, 0.6) is 11.6 Å². The summed E-state index contributed by atoms with van der Waals surface area (Å²) in [5, 5.41) is 4.04. The van der Waals surface area contributed by atoms with Gasteiger partial charge in [-0.15, -0.1) is 0 Å². The number of rotatable bonds is 3. The fourth-order valence-electron chi connectivity index (χ4n) is 1.45. The summed E-state index contributed by atoms with van der Waals surface area (Å²) in [4.78, 5) is 8.63. The standard InChI is InChI=1S/C12H17N5O/c1-7(2)11-15-10(13)8(3)12(16-11)18-9-5-14-17(4)6-9/h5-7H,1-4H3,(H2,13,15,16). The lowest BCUT2D eigenvalue weighted by molar-refractivity contribution is 0.453. The van der Waals surface area contributed by atoms with E-state index in [2.05, 4.69) is 15.1 Å². The first-order chi connectivity index (χ1) is 8.47. The zero-order valence-corrected chi connectivity index (χ0v) is 11.0. The van der Waals surface area contributed by atoms with Crippen LogP contribution in [0, 0.1) is 6.92 Å². The van der Waals surface area contributed by atoms with E-state index in [1.807, 2.05) is 27.8 Å². The second-order valence-corrected chi connectivity index (χ2v) is 4.50. The van der Waals surface area contributed by atoms with Crippen LogP contribution in [0.1, 0.15) is 31.2 Å². The van der Waals surface area contributed by atoms with Crippen LogP contribution < -0.4 is 10.5 Å². The number of aryl methyl sites for hydroxylation is 1. The molecule has 2 aromatic heterocycles. The Morgan fingerprint density at radius 2 is 2.06 bits per heavy atom. The van der Waals surface area contributed by atoms with Crippen molar-refractivity contribution in [3.05, 3.63) is 23.8 Å². The maximum absolute atomic E-state index is 5.87. The molecule has 0 bridgehead atoms. The molecule has 2 heterocycles. The minimum atomic E-state index is 0.198. The van der Waals surface area contributed by atoms with E-state index < -0.39 is 0 Å². The molecule has 0 spiro atoms. The molecule has 0 fully saturated rings. The Bertz CT molecular complexity index is 562. The first kappa shape index (κ1) is 12.3. The topological polar surface area (TPSA) is 78.8 Å². The van der Waals surface area contributed by atoms with E-state index in [1.54, 1.807) is 17.1 Å². The van der Waals surface area contributed by atoms with Crippen molar-refractivity contribution in [2.24, 2.45) is 7.05 Å². The van der Waals surface area contributed by atoms with Crippen molar-refractivity contribution in [3.8, 4) is 11.6 Å². The largest absolute Gasteiger partial charge is 0.435 e. The lowest BCUT2D eigenvalue weighted by Crippen LogP contribution is -2.06. The van der Waals surface area contributed by atoms with Crippen LogP contribution in [0.25, 0.3) is 0 Å². The van der Waals surface area contributed by atoms with Gasteiger partial charge in [0.15, 0.2) is 5.75 Å². The van der Waals surface area contributed by atoms with Gasteiger partial charge < -0.3 is 10.5 Å². The van der Waals surface area contributed by atoms with Crippen molar-refractivity contribution >= 4 is 5.82 Å². The molecule has 18 heavy (non-hydrogen) atoms. The Kier molecular flexibility index (Phi) is 3.18. The van der Waals surface area contributed by atoms with E-state index >= 15 is 0 Å². The molecule has 0 aliphatic rings. The Labute approximate surface area is 106 Å². The zero-order chi connectivity index (χ0) is 13.3. The van der Waals surface area contributed by atoms with Crippen molar-refractivity contribution in [2.45, 2.75) is 26.7 Å². The third-order valence-corrected chi connectivity index (χ3v) is 2.57. The van der Waals surface area contributed by atoms with Gasteiger partial charge in [-0.05, 0) is 6.92 Å². The molecular weight excluding hydrogens is 230 g/mol. The molecule has 0 aliphatic heterocycles. The van der Waals surface area contributed by atoms with Crippen LogP contribution >= 0.6 is 0 Å². The molecule has 0 unspecified atom stereocenters. The molecule has 2 aromatic rings. The molecule has 6 nitrogen and oxygen atoms in total. The van der Waals surface area contributed by atoms with Gasteiger partial charge in [-0.3, -0.25) is 4.68 Å². The predicted molar refractivity (Wildman–Crippen MR) is 68.6 cm³/mol. The van der Waals surface area contributed by atoms with Gasteiger partial charge in [-0.1, -0.05) is 13.8 Å².